The Bertz CT molecular complexity index is 878. The molecule has 0 spiro atoms. The first-order valence-electron chi connectivity index (χ1n) is 8.58. The number of aryl methyl sites for hydroxylation is 1. The van der Waals surface area contributed by atoms with Crippen LogP contribution in [0.4, 0.5) is 0 Å². The predicted octanol–water partition coefficient (Wildman–Crippen LogP) is 3.37. The second-order valence-electron chi connectivity index (χ2n) is 6.30. The molecule has 1 atom stereocenters. The van der Waals surface area contributed by atoms with Crippen molar-refractivity contribution in [3.8, 4) is 11.5 Å². The summed E-state index contributed by atoms with van der Waals surface area (Å²) in [7, 11) is 2.10. The third kappa shape index (κ3) is 3.83. The van der Waals surface area contributed by atoms with Crippen LogP contribution in [0.5, 0.6) is 0 Å². The summed E-state index contributed by atoms with van der Waals surface area (Å²) in [6, 6.07) is 8.32. The molecule has 26 heavy (non-hydrogen) atoms. The first kappa shape index (κ1) is 17.7. The summed E-state index contributed by atoms with van der Waals surface area (Å²) in [4.78, 5) is 12.6. The number of rotatable bonds is 5. The molecule has 3 heterocycles. The standard InChI is InChI=1S/C18H21N5OS2/c1-12-20-13(10-25-12)11-26-16-6-4-3-5-14(16)18-21-17(22-24-18)15-9-19-7-8-23(15)2/h3-6,10,15,19H,7-9,11H2,1-2H3. The molecule has 0 aliphatic carbocycles. The summed E-state index contributed by atoms with van der Waals surface area (Å²) < 4.78 is 5.61. The SMILES string of the molecule is Cc1nc(CSc2ccccc2-c2nc(C3CNCCN3C)no2)cs1. The molecule has 6 nitrogen and oxygen atoms in total. The van der Waals surface area contributed by atoms with E-state index in [1.165, 1.54) is 0 Å². The van der Waals surface area contributed by atoms with Crippen LogP contribution < -0.4 is 5.32 Å². The van der Waals surface area contributed by atoms with Crippen LogP contribution in [0.3, 0.4) is 0 Å². The van der Waals surface area contributed by atoms with Gasteiger partial charge < -0.3 is 9.84 Å². The smallest absolute Gasteiger partial charge is 0.259 e. The van der Waals surface area contributed by atoms with E-state index in [0.29, 0.717) is 5.89 Å². The zero-order valence-corrected chi connectivity index (χ0v) is 16.4. The van der Waals surface area contributed by atoms with Gasteiger partial charge in [-0.1, -0.05) is 17.3 Å². The molecule has 8 heteroatoms. The molecule has 0 radical (unpaired) electrons. The second-order valence-corrected chi connectivity index (χ2v) is 8.38. The Kier molecular flexibility index (Phi) is 5.35. The zero-order valence-electron chi connectivity index (χ0n) is 14.8. The molecule has 1 aliphatic heterocycles. The molecule has 4 rings (SSSR count). The summed E-state index contributed by atoms with van der Waals surface area (Å²) in [6.45, 7) is 4.85. The number of aromatic nitrogens is 3. The highest BCUT2D eigenvalue weighted by molar-refractivity contribution is 7.98. The quantitative estimate of drug-likeness (QED) is 0.673. The van der Waals surface area contributed by atoms with E-state index in [1.807, 2.05) is 25.1 Å². The van der Waals surface area contributed by atoms with Crippen molar-refractivity contribution in [2.75, 3.05) is 26.7 Å². The van der Waals surface area contributed by atoms with Gasteiger partial charge >= 0.3 is 0 Å². The molecule has 0 bridgehead atoms. The van der Waals surface area contributed by atoms with Gasteiger partial charge in [0.25, 0.3) is 5.89 Å². The van der Waals surface area contributed by atoms with E-state index in [9.17, 15) is 0 Å². The van der Waals surface area contributed by atoms with Crippen LogP contribution in [0.1, 0.15) is 22.6 Å². The average molecular weight is 388 g/mol. The number of thiazole rings is 1. The van der Waals surface area contributed by atoms with Gasteiger partial charge in [-0.3, -0.25) is 4.90 Å². The van der Waals surface area contributed by atoms with Gasteiger partial charge in [0.2, 0.25) is 0 Å². The molecule has 2 aromatic heterocycles. The first-order chi connectivity index (χ1) is 12.7. The van der Waals surface area contributed by atoms with Gasteiger partial charge in [-0.05, 0) is 26.1 Å². The molecule has 1 fully saturated rings. The van der Waals surface area contributed by atoms with E-state index >= 15 is 0 Å². The number of likely N-dealkylation sites (N-methyl/N-ethyl adjacent to an activating group) is 1. The Morgan fingerprint density at radius 3 is 3.04 bits per heavy atom. The van der Waals surface area contributed by atoms with E-state index in [2.05, 4.69) is 43.8 Å². The number of nitrogens with one attached hydrogen (secondary N) is 1. The lowest BCUT2D eigenvalue weighted by Crippen LogP contribution is -2.44. The largest absolute Gasteiger partial charge is 0.334 e. The summed E-state index contributed by atoms with van der Waals surface area (Å²) >= 11 is 3.43. The Balaban J connectivity index is 1.54. The van der Waals surface area contributed by atoms with Gasteiger partial charge in [0, 0.05) is 35.7 Å². The molecular formula is C18H21N5OS2. The predicted molar refractivity (Wildman–Crippen MR) is 104 cm³/mol. The summed E-state index contributed by atoms with van der Waals surface area (Å²) in [5.41, 5.74) is 2.09. The van der Waals surface area contributed by atoms with Crippen LogP contribution in [0, 0.1) is 6.92 Å². The number of benzene rings is 1. The van der Waals surface area contributed by atoms with Gasteiger partial charge in [-0.25, -0.2) is 4.98 Å². The third-order valence-electron chi connectivity index (χ3n) is 4.41. The van der Waals surface area contributed by atoms with Crippen molar-refractivity contribution >= 4 is 23.1 Å². The van der Waals surface area contributed by atoms with Gasteiger partial charge in [0.1, 0.15) is 0 Å². The lowest BCUT2D eigenvalue weighted by molar-refractivity contribution is 0.190. The number of hydrogen-bond acceptors (Lipinski definition) is 8. The number of piperazine rings is 1. The highest BCUT2D eigenvalue weighted by Gasteiger charge is 2.26. The van der Waals surface area contributed by atoms with Crippen LogP contribution in [0.25, 0.3) is 11.5 Å². The molecule has 1 N–H and O–H groups in total. The van der Waals surface area contributed by atoms with Crippen molar-refractivity contribution in [2.24, 2.45) is 0 Å². The number of thioether (sulfide) groups is 1. The molecule has 3 aromatic rings. The van der Waals surface area contributed by atoms with E-state index in [-0.39, 0.29) is 6.04 Å². The highest BCUT2D eigenvalue weighted by atomic mass is 32.2. The molecule has 1 saturated heterocycles. The van der Waals surface area contributed by atoms with Crippen molar-refractivity contribution in [1.29, 1.82) is 0 Å². The van der Waals surface area contributed by atoms with Crippen LogP contribution >= 0.6 is 23.1 Å². The molecular weight excluding hydrogens is 366 g/mol. The van der Waals surface area contributed by atoms with Crippen molar-refractivity contribution in [1.82, 2.24) is 25.3 Å². The van der Waals surface area contributed by atoms with Crippen LogP contribution in [0.2, 0.25) is 0 Å². The van der Waals surface area contributed by atoms with Crippen molar-refractivity contribution < 1.29 is 4.52 Å². The molecule has 1 unspecified atom stereocenters. The summed E-state index contributed by atoms with van der Waals surface area (Å²) in [5, 5.41) is 10.8. The third-order valence-corrected chi connectivity index (χ3v) is 6.34. The Morgan fingerprint density at radius 2 is 2.23 bits per heavy atom. The van der Waals surface area contributed by atoms with E-state index in [1.54, 1.807) is 23.1 Å². The lowest BCUT2D eigenvalue weighted by Gasteiger charge is -2.30. The normalized spacial score (nSPS) is 18.3. The topological polar surface area (TPSA) is 67.1 Å². The minimum Gasteiger partial charge on any atom is -0.334 e. The van der Waals surface area contributed by atoms with Crippen molar-refractivity contribution in [2.45, 2.75) is 23.6 Å². The maximum Gasteiger partial charge on any atom is 0.259 e. The van der Waals surface area contributed by atoms with Crippen molar-refractivity contribution in [3.63, 3.8) is 0 Å². The van der Waals surface area contributed by atoms with Gasteiger partial charge in [-0.2, -0.15) is 4.98 Å². The van der Waals surface area contributed by atoms with Gasteiger partial charge in [-0.15, -0.1) is 23.1 Å². The number of nitrogens with zero attached hydrogens (tertiary/aromatic N) is 4. The first-order valence-corrected chi connectivity index (χ1v) is 10.4. The minimum atomic E-state index is 0.152. The van der Waals surface area contributed by atoms with Crippen LogP contribution in [0.15, 0.2) is 39.1 Å². The highest BCUT2D eigenvalue weighted by Crippen LogP contribution is 2.33. The average Bonchev–Trinajstić information content (AvgIpc) is 3.30. The minimum absolute atomic E-state index is 0.152. The lowest BCUT2D eigenvalue weighted by atomic mass is 10.2. The fraction of sp³-hybridized carbons (Fsp3) is 0.389. The van der Waals surface area contributed by atoms with E-state index in [0.717, 1.165) is 52.4 Å². The molecule has 136 valence electrons. The molecule has 1 aliphatic rings. The maximum atomic E-state index is 5.61. The molecule has 0 amide bonds. The monoisotopic (exact) mass is 387 g/mol. The summed E-state index contributed by atoms with van der Waals surface area (Å²) in [5.74, 6) is 2.15. The zero-order chi connectivity index (χ0) is 17.9. The van der Waals surface area contributed by atoms with Gasteiger partial charge in [0.15, 0.2) is 5.82 Å². The fourth-order valence-electron chi connectivity index (χ4n) is 2.97. The van der Waals surface area contributed by atoms with Crippen LogP contribution in [-0.4, -0.2) is 46.7 Å². The molecule has 1 aromatic carbocycles. The maximum absolute atomic E-state index is 5.61. The van der Waals surface area contributed by atoms with Crippen LogP contribution in [-0.2, 0) is 5.75 Å². The van der Waals surface area contributed by atoms with E-state index in [4.69, 9.17) is 4.52 Å². The Hall–Kier alpha value is -1.74. The van der Waals surface area contributed by atoms with E-state index < -0.39 is 0 Å². The fourth-order valence-corrected chi connectivity index (χ4v) is 4.62. The Morgan fingerprint density at radius 1 is 1.35 bits per heavy atom. The number of hydrogen-bond donors (Lipinski definition) is 1. The second kappa shape index (κ2) is 7.87. The van der Waals surface area contributed by atoms with Crippen molar-refractivity contribution in [3.05, 3.63) is 46.2 Å². The molecule has 0 saturated carbocycles. The summed E-state index contributed by atoms with van der Waals surface area (Å²) in [6.07, 6.45) is 0. The Labute approximate surface area is 161 Å². The van der Waals surface area contributed by atoms with Gasteiger partial charge in [0.05, 0.1) is 22.3 Å².